The number of ketones is 1. The van der Waals surface area contributed by atoms with Crippen LogP contribution in [-0.2, 0) is 10.4 Å². The molecule has 1 heterocycles. The minimum Gasteiger partial charge on any atom is -0.375 e. The van der Waals surface area contributed by atoms with Gasteiger partial charge in [-0.3, -0.25) is 9.59 Å². The fraction of sp³-hybridized carbons (Fsp3) is 0.176. The van der Waals surface area contributed by atoms with Crippen molar-refractivity contribution in [1.82, 2.24) is 0 Å². The molecule has 2 aromatic carbocycles. The van der Waals surface area contributed by atoms with Gasteiger partial charge in [0, 0.05) is 5.56 Å². The van der Waals surface area contributed by atoms with Crippen molar-refractivity contribution in [2.75, 3.05) is 5.32 Å². The fourth-order valence-electron chi connectivity index (χ4n) is 2.71. The molecule has 3 rings (SSSR count). The van der Waals surface area contributed by atoms with E-state index < -0.39 is 29.5 Å². The van der Waals surface area contributed by atoms with Gasteiger partial charge < -0.3 is 10.4 Å². The topological polar surface area (TPSA) is 66.4 Å². The Kier molecular flexibility index (Phi) is 3.30. The van der Waals surface area contributed by atoms with E-state index in [0.29, 0.717) is 11.3 Å². The number of para-hydroxylation sites is 1. The van der Waals surface area contributed by atoms with Crippen molar-refractivity contribution in [3.8, 4) is 0 Å². The molecular weight excluding hydrogens is 285 g/mol. The first kappa shape index (κ1) is 14.4. The van der Waals surface area contributed by atoms with E-state index >= 15 is 0 Å². The first-order chi connectivity index (χ1) is 10.4. The van der Waals surface area contributed by atoms with E-state index in [1.165, 1.54) is 24.3 Å². The Labute approximate surface area is 126 Å². The summed E-state index contributed by atoms with van der Waals surface area (Å²) in [6.07, 6.45) is -0.504. The van der Waals surface area contributed by atoms with Crippen LogP contribution in [0.2, 0.25) is 0 Å². The van der Waals surface area contributed by atoms with Crippen LogP contribution in [0, 0.1) is 12.7 Å². The number of nitrogens with one attached hydrogen (secondary N) is 1. The molecule has 0 aromatic heterocycles. The van der Waals surface area contributed by atoms with Crippen molar-refractivity contribution in [3.05, 3.63) is 65.0 Å². The van der Waals surface area contributed by atoms with Crippen LogP contribution in [-0.4, -0.2) is 16.8 Å². The third-order valence-corrected chi connectivity index (χ3v) is 3.92. The van der Waals surface area contributed by atoms with Gasteiger partial charge in [0.05, 0.1) is 17.7 Å². The molecule has 0 spiro atoms. The maximum Gasteiger partial charge on any atom is 0.261 e. The number of amides is 1. The molecule has 4 nitrogen and oxygen atoms in total. The Hall–Kier alpha value is -2.53. The van der Waals surface area contributed by atoms with Crippen LogP contribution in [0.3, 0.4) is 0 Å². The average Bonchev–Trinajstić information content (AvgIpc) is 2.73. The van der Waals surface area contributed by atoms with E-state index in [4.69, 9.17) is 0 Å². The Balaban J connectivity index is 1.99. The molecule has 2 aromatic rings. The van der Waals surface area contributed by atoms with Crippen LogP contribution < -0.4 is 5.32 Å². The van der Waals surface area contributed by atoms with Crippen molar-refractivity contribution in [3.63, 3.8) is 0 Å². The Morgan fingerprint density at radius 1 is 1.23 bits per heavy atom. The molecule has 1 atom stereocenters. The van der Waals surface area contributed by atoms with E-state index in [1.807, 2.05) is 0 Å². The highest BCUT2D eigenvalue weighted by atomic mass is 19.1. The van der Waals surface area contributed by atoms with Gasteiger partial charge in [-0.25, -0.2) is 4.39 Å². The van der Waals surface area contributed by atoms with Crippen molar-refractivity contribution < 1.29 is 19.1 Å². The minimum atomic E-state index is -1.97. The van der Waals surface area contributed by atoms with E-state index in [9.17, 15) is 19.1 Å². The van der Waals surface area contributed by atoms with Gasteiger partial charge in [0.25, 0.3) is 5.91 Å². The number of anilines is 1. The summed E-state index contributed by atoms with van der Waals surface area (Å²) in [5, 5.41) is 13.3. The van der Waals surface area contributed by atoms with Gasteiger partial charge in [-0.05, 0) is 24.6 Å². The molecule has 0 aliphatic carbocycles. The molecule has 0 fully saturated rings. The molecule has 0 saturated heterocycles. The molecule has 5 heteroatoms. The maximum absolute atomic E-state index is 13.7. The summed E-state index contributed by atoms with van der Waals surface area (Å²) in [4.78, 5) is 24.4. The number of hydrogen-bond acceptors (Lipinski definition) is 3. The lowest BCUT2D eigenvalue weighted by Gasteiger charge is -2.20. The molecule has 2 N–H and O–H groups in total. The maximum atomic E-state index is 13.7. The molecule has 1 amide bonds. The lowest BCUT2D eigenvalue weighted by atomic mass is 9.87. The number of carbonyl (C=O) groups excluding carboxylic acids is 2. The predicted molar refractivity (Wildman–Crippen MR) is 79.1 cm³/mol. The summed E-state index contributed by atoms with van der Waals surface area (Å²) in [5.41, 5.74) is -0.454. The third kappa shape index (κ3) is 2.10. The number of carbonyl (C=O) groups is 2. The first-order valence-corrected chi connectivity index (χ1v) is 6.85. The largest absolute Gasteiger partial charge is 0.375 e. The predicted octanol–water partition coefficient (Wildman–Crippen LogP) is 2.55. The summed E-state index contributed by atoms with van der Waals surface area (Å²) in [5.74, 6) is -1.95. The second-order valence-electron chi connectivity index (χ2n) is 5.39. The number of benzene rings is 2. The zero-order valence-corrected chi connectivity index (χ0v) is 11.9. The summed E-state index contributed by atoms with van der Waals surface area (Å²) in [7, 11) is 0. The number of fused-ring (bicyclic) bond motifs is 1. The van der Waals surface area contributed by atoms with Crippen molar-refractivity contribution in [2.24, 2.45) is 0 Å². The second-order valence-corrected chi connectivity index (χ2v) is 5.39. The quantitative estimate of drug-likeness (QED) is 0.856. The molecule has 22 heavy (non-hydrogen) atoms. The molecular formula is C17H14FNO3. The Bertz CT molecular complexity index is 787. The molecule has 0 saturated carbocycles. The Morgan fingerprint density at radius 2 is 1.95 bits per heavy atom. The zero-order valence-electron chi connectivity index (χ0n) is 11.9. The van der Waals surface area contributed by atoms with Gasteiger partial charge >= 0.3 is 0 Å². The van der Waals surface area contributed by atoms with Gasteiger partial charge in [-0.15, -0.1) is 0 Å². The summed E-state index contributed by atoms with van der Waals surface area (Å²) in [6.45, 7) is 1.80. The van der Waals surface area contributed by atoms with Crippen molar-refractivity contribution in [2.45, 2.75) is 18.9 Å². The number of aryl methyl sites for hydroxylation is 1. The van der Waals surface area contributed by atoms with Crippen LogP contribution in [0.1, 0.15) is 27.9 Å². The number of aliphatic hydroxyl groups is 1. The number of halogens is 1. The average molecular weight is 299 g/mol. The number of rotatable bonds is 3. The van der Waals surface area contributed by atoms with Gasteiger partial charge in [0.15, 0.2) is 11.4 Å². The highest BCUT2D eigenvalue weighted by molar-refractivity contribution is 6.09. The SMILES string of the molecule is Cc1cccc2c1NC(=O)C2(O)CC(=O)c1ccccc1F. The molecule has 1 aliphatic rings. The van der Waals surface area contributed by atoms with Crippen LogP contribution in [0.15, 0.2) is 42.5 Å². The van der Waals surface area contributed by atoms with Crippen LogP contribution in [0.4, 0.5) is 10.1 Å². The van der Waals surface area contributed by atoms with Crippen LogP contribution in [0.25, 0.3) is 0 Å². The molecule has 0 radical (unpaired) electrons. The van der Waals surface area contributed by atoms with E-state index in [-0.39, 0.29) is 5.56 Å². The lowest BCUT2D eigenvalue weighted by molar-refractivity contribution is -0.133. The summed E-state index contributed by atoms with van der Waals surface area (Å²) in [6, 6.07) is 10.6. The van der Waals surface area contributed by atoms with Gasteiger partial charge in [0.2, 0.25) is 0 Å². The monoisotopic (exact) mass is 299 g/mol. The fourth-order valence-corrected chi connectivity index (χ4v) is 2.71. The Morgan fingerprint density at radius 3 is 2.68 bits per heavy atom. The highest BCUT2D eigenvalue weighted by Gasteiger charge is 2.47. The summed E-state index contributed by atoms with van der Waals surface area (Å²) < 4.78 is 13.7. The summed E-state index contributed by atoms with van der Waals surface area (Å²) >= 11 is 0. The van der Waals surface area contributed by atoms with Gasteiger partial charge in [-0.2, -0.15) is 0 Å². The smallest absolute Gasteiger partial charge is 0.261 e. The molecule has 112 valence electrons. The van der Waals surface area contributed by atoms with Crippen molar-refractivity contribution >= 4 is 17.4 Å². The van der Waals surface area contributed by atoms with E-state index in [1.54, 1.807) is 25.1 Å². The van der Waals surface area contributed by atoms with Crippen molar-refractivity contribution in [1.29, 1.82) is 0 Å². The number of Topliss-reactive ketones (excluding diaryl/α,β-unsaturated/α-hetero) is 1. The standard InChI is InChI=1S/C17H14FNO3/c1-10-5-4-7-12-15(10)19-16(21)17(12,22)9-14(20)11-6-2-3-8-13(11)18/h2-8,22H,9H2,1H3,(H,19,21). The lowest BCUT2D eigenvalue weighted by Crippen LogP contribution is -2.36. The molecule has 1 aliphatic heterocycles. The zero-order chi connectivity index (χ0) is 15.9. The first-order valence-electron chi connectivity index (χ1n) is 6.85. The number of hydrogen-bond donors (Lipinski definition) is 2. The van der Waals surface area contributed by atoms with Crippen LogP contribution >= 0.6 is 0 Å². The normalized spacial score (nSPS) is 19.7. The molecule has 0 bridgehead atoms. The van der Waals surface area contributed by atoms with E-state index in [2.05, 4.69) is 5.32 Å². The minimum absolute atomic E-state index is 0.134. The molecule has 1 unspecified atom stereocenters. The van der Waals surface area contributed by atoms with E-state index in [0.717, 1.165) is 5.56 Å². The van der Waals surface area contributed by atoms with Gasteiger partial charge in [0.1, 0.15) is 5.82 Å². The highest BCUT2D eigenvalue weighted by Crippen LogP contribution is 2.40. The third-order valence-electron chi connectivity index (χ3n) is 3.92. The second kappa shape index (κ2) is 5.03. The van der Waals surface area contributed by atoms with Gasteiger partial charge in [-0.1, -0.05) is 30.3 Å². The van der Waals surface area contributed by atoms with Crippen LogP contribution in [0.5, 0.6) is 0 Å².